The van der Waals surface area contributed by atoms with E-state index in [4.69, 9.17) is 9.47 Å². The van der Waals surface area contributed by atoms with Gasteiger partial charge in [0.15, 0.2) is 0 Å². The molecule has 3 nitrogen and oxygen atoms in total. The highest BCUT2D eigenvalue weighted by molar-refractivity contribution is 7.99. The van der Waals surface area contributed by atoms with E-state index in [1.807, 2.05) is 11.8 Å². The monoisotopic (exact) mass is 221 g/mol. The van der Waals surface area contributed by atoms with Gasteiger partial charge in [-0.2, -0.15) is 11.8 Å². The molecule has 0 fully saturated rings. The lowest BCUT2D eigenvalue weighted by molar-refractivity contribution is 0.199. The summed E-state index contributed by atoms with van der Waals surface area (Å²) >= 11 is 1.97. The summed E-state index contributed by atoms with van der Waals surface area (Å²) in [6.07, 6.45) is 2.54. The third-order valence-electron chi connectivity index (χ3n) is 1.81. The van der Waals surface area contributed by atoms with Crippen molar-refractivity contribution in [2.75, 3.05) is 52.0 Å². The molecule has 0 unspecified atom stereocenters. The van der Waals surface area contributed by atoms with Crippen LogP contribution in [0.25, 0.3) is 0 Å². The van der Waals surface area contributed by atoms with Crippen molar-refractivity contribution in [2.45, 2.75) is 12.8 Å². The lowest BCUT2D eigenvalue weighted by atomic mass is 10.3. The first-order chi connectivity index (χ1) is 6.91. The largest absolute Gasteiger partial charge is 0.384 e. The molecule has 0 aromatic carbocycles. The van der Waals surface area contributed by atoms with E-state index in [1.54, 1.807) is 14.2 Å². The first-order valence-electron chi connectivity index (χ1n) is 5.18. The van der Waals surface area contributed by atoms with E-state index in [0.717, 1.165) is 32.1 Å². The third kappa shape index (κ3) is 12.2. The maximum atomic E-state index is 4.97. The number of methoxy groups -OCH3 is 2. The summed E-state index contributed by atoms with van der Waals surface area (Å²) in [6, 6.07) is 0. The van der Waals surface area contributed by atoms with E-state index in [1.165, 1.54) is 18.6 Å². The van der Waals surface area contributed by atoms with Crippen LogP contribution in [-0.2, 0) is 9.47 Å². The highest BCUT2D eigenvalue weighted by atomic mass is 32.2. The van der Waals surface area contributed by atoms with Gasteiger partial charge < -0.3 is 14.8 Å². The number of ether oxygens (including phenoxy) is 2. The van der Waals surface area contributed by atoms with Crippen molar-refractivity contribution < 1.29 is 9.47 Å². The summed E-state index contributed by atoms with van der Waals surface area (Å²) in [5, 5.41) is 3.33. The molecule has 14 heavy (non-hydrogen) atoms. The fourth-order valence-electron chi connectivity index (χ4n) is 0.998. The smallest absolute Gasteiger partial charge is 0.0587 e. The van der Waals surface area contributed by atoms with E-state index in [-0.39, 0.29) is 0 Å². The van der Waals surface area contributed by atoms with E-state index >= 15 is 0 Å². The summed E-state index contributed by atoms with van der Waals surface area (Å²) in [5.74, 6) is 2.36. The maximum absolute atomic E-state index is 4.97. The molecule has 0 aliphatic rings. The maximum Gasteiger partial charge on any atom is 0.0587 e. The molecule has 0 rings (SSSR count). The molecule has 0 saturated carbocycles. The zero-order valence-corrected chi connectivity index (χ0v) is 10.2. The molecule has 0 aliphatic carbocycles. The predicted molar refractivity (Wildman–Crippen MR) is 63.2 cm³/mol. The Balaban J connectivity index is 2.78. The van der Waals surface area contributed by atoms with Gasteiger partial charge in [0, 0.05) is 26.5 Å². The Hall–Kier alpha value is 0.230. The number of unbranched alkanes of at least 4 members (excludes halogenated alkanes) is 1. The van der Waals surface area contributed by atoms with Crippen molar-refractivity contribution in [2.24, 2.45) is 0 Å². The lowest BCUT2D eigenvalue weighted by Crippen LogP contribution is -2.20. The van der Waals surface area contributed by atoms with Gasteiger partial charge in [0.05, 0.1) is 13.2 Å². The number of hydrogen-bond acceptors (Lipinski definition) is 4. The van der Waals surface area contributed by atoms with Crippen LogP contribution in [0.4, 0.5) is 0 Å². The van der Waals surface area contributed by atoms with Crippen LogP contribution >= 0.6 is 11.8 Å². The van der Waals surface area contributed by atoms with E-state index < -0.39 is 0 Å². The quantitative estimate of drug-likeness (QED) is 0.534. The molecule has 86 valence electrons. The summed E-state index contributed by atoms with van der Waals surface area (Å²) in [7, 11) is 3.48. The van der Waals surface area contributed by atoms with Gasteiger partial charge in [-0.25, -0.2) is 0 Å². The Bertz CT molecular complexity index is 92.1. The molecule has 0 aromatic heterocycles. The number of rotatable bonds is 11. The van der Waals surface area contributed by atoms with Crippen LogP contribution in [0.3, 0.4) is 0 Å². The molecule has 1 N–H and O–H groups in total. The SMILES string of the molecule is COCCNCCCCSCCOC. The first-order valence-corrected chi connectivity index (χ1v) is 6.33. The Kier molecular flexibility index (Phi) is 13.4. The molecule has 4 heteroatoms. The first kappa shape index (κ1) is 14.2. The van der Waals surface area contributed by atoms with Gasteiger partial charge in [0.1, 0.15) is 0 Å². The number of thioether (sulfide) groups is 1. The average Bonchev–Trinajstić information content (AvgIpc) is 2.21. The van der Waals surface area contributed by atoms with Crippen LogP contribution in [0.1, 0.15) is 12.8 Å². The zero-order chi connectivity index (χ0) is 10.5. The van der Waals surface area contributed by atoms with Crippen molar-refractivity contribution >= 4 is 11.8 Å². The molecule has 0 saturated heterocycles. The van der Waals surface area contributed by atoms with Crippen molar-refractivity contribution in [3.05, 3.63) is 0 Å². The van der Waals surface area contributed by atoms with Gasteiger partial charge in [0.2, 0.25) is 0 Å². The molecule has 0 aromatic rings. The highest BCUT2D eigenvalue weighted by Crippen LogP contribution is 2.03. The van der Waals surface area contributed by atoms with Crippen LogP contribution in [0.5, 0.6) is 0 Å². The third-order valence-corrected chi connectivity index (χ3v) is 2.84. The molecule has 0 heterocycles. The molecule has 0 amide bonds. The van der Waals surface area contributed by atoms with Crippen LogP contribution in [0.2, 0.25) is 0 Å². The molecule has 0 bridgehead atoms. The van der Waals surface area contributed by atoms with Gasteiger partial charge in [-0.3, -0.25) is 0 Å². The Morgan fingerprint density at radius 2 is 1.71 bits per heavy atom. The lowest BCUT2D eigenvalue weighted by Gasteiger charge is -2.03. The second-order valence-corrected chi connectivity index (χ2v) is 4.28. The van der Waals surface area contributed by atoms with Crippen molar-refractivity contribution in [3.63, 3.8) is 0 Å². The molecule has 0 radical (unpaired) electrons. The standard InChI is InChI=1S/C10H23NO2S/c1-12-7-6-11-5-3-4-9-14-10-8-13-2/h11H,3-10H2,1-2H3. The van der Waals surface area contributed by atoms with Crippen LogP contribution in [0.15, 0.2) is 0 Å². The number of nitrogens with one attached hydrogen (secondary N) is 1. The highest BCUT2D eigenvalue weighted by Gasteiger charge is 1.90. The van der Waals surface area contributed by atoms with Crippen molar-refractivity contribution in [3.8, 4) is 0 Å². The van der Waals surface area contributed by atoms with Gasteiger partial charge in [0.25, 0.3) is 0 Å². The van der Waals surface area contributed by atoms with E-state index in [9.17, 15) is 0 Å². The van der Waals surface area contributed by atoms with Gasteiger partial charge in [-0.05, 0) is 25.1 Å². The van der Waals surface area contributed by atoms with Gasteiger partial charge in [-0.1, -0.05) is 0 Å². The van der Waals surface area contributed by atoms with Gasteiger partial charge >= 0.3 is 0 Å². The summed E-state index contributed by atoms with van der Waals surface area (Å²) < 4.78 is 9.90. The average molecular weight is 221 g/mol. The zero-order valence-electron chi connectivity index (χ0n) is 9.38. The van der Waals surface area contributed by atoms with Crippen LogP contribution in [-0.4, -0.2) is 52.0 Å². The summed E-state index contributed by atoms with van der Waals surface area (Å²) in [6.45, 7) is 3.75. The molecule has 0 aliphatic heterocycles. The van der Waals surface area contributed by atoms with E-state index in [2.05, 4.69) is 5.32 Å². The topological polar surface area (TPSA) is 30.5 Å². The predicted octanol–water partition coefficient (Wildman–Crippen LogP) is 1.38. The Labute approximate surface area is 91.9 Å². The van der Waals surface area contributed by atoms with Gasteiger partial charge in [-0.15, -0.1) is 0 Å². The Morgan fingerprint density at radius 1 is 0.929 bits per heavy atom. The van der Waals surface area contributed by atoms with Crippen molar-refractivity contribution in [1.82, 2.24) is 5.32 Å². The summed E-state index contributed by atoms with van der Waals surface area (Å²) in [5.41, 5.74) is 0. The minimum absolute atomic E-state index is 0.808. The van der Waals surface area contributed by atoms with Crippen LogP contribution < -0.4 is 5.32 Å². The number of hydrogen-bond donors (Lipinski definition) is 1. The normalized spacial score (nSPS) is 10.7. The van der Waals surface area contributed by atoms with Crippen LogP contribution in [0, 0.1) is 0 Å². The fraction of sp³-hybridized carbons (Fsp3) is 1.00. The fourth-order valence-corrected chi connectivity index (χ4v) is 1.89. The second-order valence-electron chi connectivity index (χ2n) is 3.06. The second kappa shape index (κ2) is 13.2. The van der Waals surface area contributed by atoms with Crippen molar-refractivity contribution in [1.29, 1.82) is 0 Å². The molecule has 0 atom stereocenters. The minimum atomic E-state index is 0.808. The van der Waals surface area contributed by atoms with E-state index in [0.29, 0.717) is 0 Å². The Morgan fingerprint density at radius 3 is 2.43 bits per heavy atom. The minimum Gasteiger partial charge on any atom is -0.384 e. The molecular weight excluding hydrogens is 198 g/mol. The summed E-state index contributed by atoms with van der Waals surface area (Å²) in [4.78, 5) is 0. The molecule has 0 spiro atoms. The molecular formula is C10H23NO2S.